The average Bonchev–Trinajstić information content (AvgIpc) is 1.93. The van der Waals surface area contributed by atoms with Crippen LogP contribution in [-0.2, 0) is 0 Å². The largest absolute Gasteiger partial charge is 0.395 e. The molecule has 1 aromatic rings. The maximum atomic E-state index is 12.5. The van der Waals surface area contributed by atoms with Gasteiger partial charge in [-0.2, -0.15) is 4.39 Å². The Morgan fingerprint density at radius 2 is 2.10 bits per heavy atom. The average molecular weight is 144 g/mol. The molecule has 0 aromatic carbocycles. The molecule has 0 spiro atoms. The number of nitrogens with zero attached hydrogens (tertiary/aromatic N) is 1. The van der Waals surface area contributed by atoms with Gasteiger partial charge in [0, 0.05) is 5.56 Å². The Hall–Kier alpha value is -1.19. The van der Waals surface area contributed by atoms with Gasteiger partial charge in [-0.3, -0.25) is 0 Å². The lowest BCUT2D eigenvalue weighted by Crippen LogP contribution is -1.99. The highest BCUT2D eigenvalue weighted by molar-refractivity contribution is 5.44. The van der Waals surface area contributed by atoms with Gasteiger partial charge < -0.3 is 5.73 Å². The number of anilines is 1. The zero-order chi connectivity index (χ0) is 7.72. The molecule has 0 aliphatic heterocycles. The second-order valence-corrected chi connectivity index (χ2v) is 1.94. The topological polar surface area (TPSA) is 38.9 Å². The summed E-state index contributed by atoms with van der Waals surface area (Å²) in [5.74, 6) is -1.40. The summed E-state index contributed by atoms with van der Waals surface area (Å²) in [6.45, 7) is 1.40. The number of halogens is 2. The molecule has 2 nitrogen and oxygen atoms in total. The highest BCUT2D eigenvalue weighted by Crippen LogP contribution is 2.14. The van der Waals surface area contributed by atoms with E-state index >= 15 is 0 Å². The van der Waals surface area contributed by atoms with E-state index < -0.39 is 11.8 Å². The van der Waals surface area contributed by atoms with E-state index in [-0.39, 0.29) is 11.3 Å². The number of nitrogens with two attached hydrogens (primary N) is 1. The molecular weight excluding hydrogens is 138 g/mol. The van der Waals surface area contributed by atoms with Crippen molar-refractivity contribution in [1.82, 2.24) is 4.98 Å². The molecule has 0 aliphatic rings. The van der Waals surface area contributed by atoms with Gasteiger partial charge in [0.15, 0.2) is 0 Å². The lowest BCUT2D eigenvalue weighted by atomic mass is 10.2. The van der Waals surface area contributed by atoms with Crippen molar-refractivity contribution in [1.29, 1.82) is 0 Å². The summed E-state index contributed by atoms with van der Waals surface area (Å²) < 4.78 is 24.8. The maximum absolute atomic E-state index is 12.5. The number of pyridine rings is 1. The smallest absolute Gasteiger partial charge is 0.236 e. The molecule has 0 saturated carbocycles. The summed E-state index contributed by atoms with van der Waals surface area (Å²) in [4.78, 5) is 3.07. The van der Waals surface area contributed by atoms with E-state index in [1.54, 1.807) is 0 Å². The van der Waals surface area contributed by atoms with Gasteiger partial charge in [0.25, 0.3) is 0 Å². The molecule has 1 aromatic heterocycles. The number of nitrogen functional groups attached to an aromatic ring is 1. The Morgan fingerprint density at radius 3 is 2.60 bits per heavy atom. The number of aromatic nitrogens is 1. The van der Waals surface area contributed by atoms with Crippen LogP contribution in [0.4, 0.5) is 14.5 Å². The molecule has 0 atom stereocenters. The zero-order valence-corrected chi connectivity index (χ0v) is 5.36. The van der Waals surface area contributed by atoms with Gasteiger partial charge >= 0.3 is 0 Å². The normalized spacial score (nSPS) is 9.90. The van der Waals surface area contributed by atoms with Crippen LogP contribution in [0.3, 0.4) is 0 Å². The Labute approximate surface area is 56.7 Å². The summed E-state index contributed by atoms with van der Waals surface area (Å²) in [5, 5.41) is 0. The molecule has 0 unspecified atom stereocenters. The van der Waals surface area contributed by atoms with Gasteiger partial charge in [0.2, 0.25) is 5.95 Å². The highest BCUT2D eigenvalue weighted by Gasteiger charge is 2.06. The molecule has 0 amide bonds. The summed E-state index contributed by atoms with van der Waals surface area (Å²) in [6.07, 6.45) is 0.807. The van der Waals surface area contributed by atoms with Crippen molar-refractivity contribution in [3.05, 3.63) is 23.5 Å². The molecule has 2 N–H and O–H groups in total. The van der Waals surface area contributed by atoms with Crippen LogP contribution in [0.15, 0.2) is 6.20 Å². The Bertz CT molecular complexity index is 233. The van der Waals surface area contributed by atoms with Crippen LogP contribution in [0, 0.1) is 18.7 Å². The minimum atomic E-state index is -0.820. The lowest BCUT2D eigenvalue weighted by molar-refractivity contribution is 0.559. The Kier molecular flexibility index (Phi) is 1.53. The van der Waals surface area contributed by atoms with Crippen LogP contribution < -0.4 is 5.73 Å². The van der Waals surface area contributed by atoms with E-state index in [2.05, 4.69) is 4.98 Å². The molecule has 1 heterocycles. The van der Waals surface area contributed by atoms with Crippen molar-refractivity contribution >= 4 is 5.69 Å². The summed E-state index contributed by atoms with van der Waals surface area (Å²) in [7, 11) is 0. The van der Waals surface area contributed by atoms with E-state index in [0.717, 1.165) is 6.20 Å². The first-order chi connectivity index (χ1) is 4.63. The molecule has 10 heavy (non-hydrogen) atoms. The van der Waals surface area contributed by atoms with E-state index in [9.17, 15) is 8.78 Å². The van der Waals surface area contributed by atoms with Crippen molar-refractivity contribution in [3.8, 4) is 0 Å². The molecule has 0 radical (unpaired) electrons. The van der Waals surface area contributed by atoms with Crippen molar-refractivity contribution < 1.29 is 8.78 Å². The van der Waals surface area contributed by atoms with Crippen molar-refractivity contribution in [2.75, 3.05) is 5.73 Å². The van der Waals surface area contributed by atoms with Gasteiger partial charge in [-0.25, -0.2) is 9.37 Å². The predicted octanol–water partition coefficient (Wildman–Crippen LogP) is 1.25. The molecule has 0 aliphatic carbocycles. The van der Waals surface area contributed by atoms with Crippen LogP contribution in [0.1, 0.15) is 5.56 Å². The van der Waals surface area contributed by atoms with Gasteiger partial charge in [-0.1, -0.05) is 0 Å². The Balaban J connectivity index is 3.34. The predicted molar refractivity (Wildman–Crippen MR) is 33.3 cm³/mol. The standard InChI is InChI=1S/C6H6F2N2/c1-3-4(7)2-10-6(8)5(3)9/h2H,9H2,1H3. The van der Waals surface area contributed by atoms with Gasteiger partial charge in [0.1, 0.15) is 5.82 Å². The van der Waals surface area contributed by atoms with Crippen LogP contribution >= 0.6 is 0 Å². The monoisotopic (exact) mass is 144 g/mol. The van der Waals surface area contributed by atoms with Crippen LogP contribution in [0.25, 0.3) is 0 Å². The fraction of sp³-hybridized carbons (Fsp3) is 0.167. The molecule has 0 fully saturated rings. The van der Waals surface area contributed by atoms with Gasteiger partial charge in [-0.05, 0) is 6.92 Å². The molecule has 0 saturated heterocycles. The first-order valence-corrected chi connectivity index (χ1v) is 2.69. The van der Waals surface area contributed by atoms with Crippen molar-refractivity contribution in [3.63, 3.8) is 0 Å². The Morgan fingerprint density at radius 1 is 1.50 bits per heavy atom. The summed E-state index contributed by atoms with van der Waals surface area (Å²) in [5.41, 5.74) is 4.99. The minimum absolute atomic E-state index is 0.104. The van der Waals surface area contributed by atoms with Crippen molar-refractivity contribution in [2.45, 2.75) is 6.92 Å². The molecule has 1 rings (SSSR count). The van der Waals surface area contributed by atoms with Gasteiger partial charge in [-0.15, -0.1) is 0 Å². The minimum Gasteiger partial charge on any atom is -0.395 e. The third-order valence-electron chi connectivity index (χ3n) is 1.28. The van der Waals surface area contributed by atoms with E-state index in [1.165, 1.54) is 6.92 Å². The number of hydrogen-bond acceptors (Lipinski definition) is 2. The summed E-state index contributed by atoms with van der Waals surface area (Å²) >= 11 is 0. The molecule has 54 valence electrons. The third kappa shape index (κ3) is 0.920. The quantitative estimate of drug-likeness (QED) is 0.556. The number of rotatable bonds is 0. The molecular formula is C6H6F2N2. The second kappa shape index (κ2) is 2.21. The molecule has 0 bridgehead atoms. The number of hydrogen-bond donors (Lipinski definition) is 1. The lowest BCUT2D eigenvalue weighted by Gasteiger charge is -1.99. The third-order valence-corrected chi connectivity index (χ3v) is 1.28. The first-order valence-electron chi connectivity index (χ1n) is 2.69. The SMILES string of the molecule is Cc1c(F)cnc(F)c1N. The first kappa shape index (κ1) is 6.92. The van der Waals surface area contributed by atoms with E-state index in [1.807, 2.05) is 0 Å². The molecule has 4 heteroatoms. The van der Waals surface area contributed by atoms with Crippen LogP contribution in [-0.4, -0.2) is 4.98 Å². The highest BCUT2D eigenvalue weighted by atomic mass is 19.1. The fourth-order valence-electron chi connectivity index (χ4n) is 0.563. The van der Waals surface area contributed by atoms with Crippen LogP contribution in [0.5, 0.6) is 0 Å². The van der Waals surface area contributed by atoms with Crippen LogP contribution in [0.2, 0.25) is 0 Å². The van der Waals surface area contributed by atoms with Crippen molar-refractivity contribution in [2.24, 2.45) is 0 Å². The van der Waals surface area contributed by atoms with E-state index in [4.69, 9.17) is 5.73 Å². The maximum Gasteiger partial charge on any atom is 0.236 e. The summed E-state index contributed by atoms with van der Waals surface area (Å²) in [6, 6.07) is 0. The second-order valence-electron chi connectivity index (χ2n) is 1.94. The van der Waals surface area contributed by atoms with Gasteiger partial charge in [0.05, 0.1) is 11.9 Å². The zero-order valence-electron chi connectivity index (χ0n) is 5.36. The van der Waals surface area contributed by atoms with E-state index in [0.29, 0.717) is 0 Å². The fourth-order valence-corrected chi connectivity index (χ4v) is 0.563.